The SMILES string of the molecule is CCCn1c(CCCOCC)nnc1SCC(=O)O. The van der Waals surface area contributed by atoms with Crippen LogP contribution in [0.4, 0.5) is 0 Å². The maximum Gasteiger partial charge on any atom is 0.313 e. The lowest BCUT2D eigenvalue weighted by molar-refractivity contribution is -0.133. The Labute approximate surface area is 117 Å². The molecule has 0 unspecified atom stereocenters. The van der Waals surface area contributed by atoms with Crippen LogP contribution >= 0.6 is 11.8 Å². The number of aliphatic carboxylic acids is 1. The molecule has 1 rings (SSSR count). The number of aryl methyl sites for hydroxylation is 1. The van der Waals surface area contributed by atoms with Gasteiger partial charge in [-0.2, -0.15) is 0 Å². The van der Waals surface area contributed by atoms with Crippen LogP contribution < -0.4 is 0 Å². The van der Waals surface area contributed by atoms with Gasteiger partial charge in [0.05, 0.1) is 5.75 Å². The van der Waals surface area contributed by atoms with Gasteiger partial charge in [-0.05, 0) is 19.8 Å². The second-order valence-corrected chi connectivity index (χ2v) is 4.98. The number of carbonyl (C=O) groups is 1. The molecule has 1 N–H and O–H groups in total. The number of hydrogen-bond donors (Lipinski definition) is 1. The minimum absolute atomic E-state index is 0.0147. The van der Waals surface area contributed by atoms with Crippen molar-refractivity contribution in [3.63, 3.8) is 0 Å². The van der Waals surface area contributed by atoms with Crippen LogP contribution in [0.15, 0.2) is 5.16 Å². The van der Waals surface area contributed by atoms with Crippen molar-refractivity contribution in [2.45, 2.75) is 44.8 Å². The summed E-state index contributed by atoms with van der Waals surface area (Å²) < 4.78 is 7.31. The van der Waals surface area contributed by atoms with Gasteiger partial charge >= 0.3 is 5.97 Å². The highest BCUT2D eigenvalue weighted by Crippen LogP contribution is 2.18. The van der Waals surface area contributed by atoms with E-state index in [0.717, 1.165) is 38.2 Å². The Hall–Kier alpha value is -1.08. The predicted molar refractivity (Wildman–Crippen MR) is 73.5 cm³/mol. The topological polar surface area (TPSA) is 77.2 Å². The van der Waals surface area contributed by atoms with Gasteiger partial charge < -0.3 is 14.4 Å². The molecule has 0 saturated carbocycles. The zero-order valence-electron chi connectivity index (χ0n) is 11.5. The van der Waals surface area contributed by atoms with Crippen LogP contribution in [0.3, 0.4) is 0 Å². The van der Waals surface area contributed by atoms with E-state index >= 15 is 0 Å². The van der Waals surface area contributed by atoms with Crippen molar-refractivity contribution < 1.29 is 14.6 Å². The lowest BCUT2D eigenvalue weighted by Gasteiger charge is -2.08. The first-order chi connectivity index (χ1) is 9.19. The number of ether oxygens (including phenoxy) is 1. The van der Waals surface area contributed by atoms with Crippen molar-refractivity contribution in [2.24, 2.45) is 0 Å². The lowest BCUT2D eigenvalue weighted by Crippen LogP contribution is -2.08. The maximum absolute atomic E-state index is 10.6. The summed E-state index contributed by atoms with van der Waals surface area (Å²) in [6.45, 7) is 6.31. The van der Waals surface area contributed by atoms with Crippen LogP contribution in [0.1, 0.15) is 32.5 Å². The Morgan fingerprint density at radius 3 is 2.84 bits per heavy atom. The van der Waals surface area contributed by atoms with E-state index in [0.29, 0.717) is 11.8 Å². The highest BCUT2D eigenvalue weighted by molar-refractivity contribution is 7.99. The number of hydrogen-bond acceptors (Lipinski definition) is 5. The summed E-state index contributed by atoms with van der Waals surface area (Å²) >= 11 is 1.22. The fourth-order valence-electron chi connectivity index (χ4n) is 1.66. The van der Waals surface area contributed by atoms with E-state index in [1.807, 2.05) is 11.5 Å². The third-order valence-corrected chi connectivity index (χ3v) is 3.41. The quantitative estimate of drug-likeness (QED) is 0.522. The van der Waals surface area contributed by atoms with E-state index in [4.69, 9.17) is 9.84 Å². The van der Waals surface area contributed by atoms with Gasteiger partial charge in [0.1, 0.15) is 5.82 Å². The lowest BCUT2D eigenvalue weighted by atomic mass is 10.3. The van der Waals surface area contributed by atoms with Crippen molar-refractivity contribution in [2.75, 3.05) is 19.0 Å². The molecule has 1 heterocycles. The average molecular weight is 287 g/mol. The van der Waals surface area contributed by atoms with E-state index in [-0.39, 0.29) is 5.75 Å². The Balaban J connectivity index is 2.61. The number of nitrogens with zero attached hydrogens (tertiary/aromatic N) is 3. The minimum atomic E-state index is -0.839. The third kappa shape index (κ3) is 5.61. The van der Waals surface area contributed by atoms with Crippen LogP contribution in [0.25, 0.3) is 0 Å². The van der Waals surface area contributed by atoms with E-state index in [9.17, 15) is 4.79 Å². The van der Waals surface area contributed by atoms with Crippen LogP contribution in [0.2, 0.25) is 0 Å². The molecule has 19 heavy (non-hydrogen) atoms. The number of carboxylic acids is 1. The van der Waals surface area contributed by atoms with Crippen LogP contribution in [0.5, 0.6) is 0 Å². The van der Waals surface area contributed by atoms with Crippen LogP contribution in [0, 0.1) is 0 Å². The number of aromatic nitrogens is 3. The summed E-state index contributed by atoms with van der Waals surface area (Å²) in [5.41, 5.74) is 0. The van der Waals surface area contributed by atoms with Crippen molar-refractivity contribution in [3.05, 3.63) is 5.82 Å². The molecule has 0 aliphatic carbocycles. The molecule has 0 radical (unpaired) electrons. The maximum atomic E-state index is 10.6. The first-order valence-electron chi connectivity index (χ1n) is 6.53. The number of rotatable bonds is 10. The molecule has 1 aromatic rings. The van der Waals surface area contributed by atoms with Crippen LogP contribution in [-0.4, -0.2) is 44.8 Å². The third-order valence-electron chi connectivity index (χ3n) is 2.46. The van der Waals surface area contributed by atoms with Gasteiger partial charge in [0.15, 0.2) is 5.16 Å². The summed E-state index contributed by atoms with van der Waals surface area (Å²) in [6.07, 6.45) is 2.68. The monoisotopic (exact) mass is 287 g/mol. The minimum Gasteiger partial charge on any atom is -0.481 e. The molecule has 7 heteroatoms. The highest BCUT2D eigenvalue weighted by Gasteiger charge is 2.12. The van der Waals surface area contributed by atoms with Crippen molar-refractivity contribution in [1.82, 2.24) is 14.8 Å². The van der Waals surface area contributed by atoms with Gasteiger partial charge in [0.2, 0.25) is 0 Å². The van der Waals surface area contributed by atoms with Gasteiger partial charge in [-0.3, -0.25) is 4.79 Å². The molecule has 0 aliphatic heterocycles. The van der Waals surface area contributed by atoms with E-state index in [1.54, 1.807) is 0 Å². The molecule has 108 valence electrons. The fourth-order valence-corrected chi connectivity index (χ4v) is 2.37. The molecule has 0 aromatic carbocycles. The zero-order valence-corrected chi connectivity index (χ0v) is 12.3. The van der Waals surface area contributed by atoms with E-state index < -0.39 is 5.97 Å². The van der Waals surface area contributed by atoms with Crippen LogP contribution in [-0.2, 0) is 22.5 Å². The fraction of sp³-hybridized carbons (Fsp3) is 0.750. The first-order valence-corrected chi connectivity index (χ1v) is 7.52. The molecular weight excluding hydrogens is 266 g/mol. The van der Waals surface area contributed by atoms with Gasteiger partial charge in [-0.1, -0.05) is 18.7 Å². The molecule has 0 aliphatic rings. The van der Waals surface area contributed by atoms with Crippen molar-refractivity contribution in [1.29, 1.82) is 0 Å². The average Bonchev–Trinajstić information content (AvgIpc) is 2.75. The van der Waals surface area contributed by atoms with Crippen molar-refractivity contribution >= 4 is 17.7 Å². The summed E-state index contributed by atoms with van der Waals surface area (Å²) in [6, 6.07) is 0. The smallest absolute Gasteiger partial charge is 0.313 e. The Bertz CT molecular complexity index is 396. The standard InChI is InChI=1S/C12H21N3O3S/c1-3-7-15-10(6-5-8-18-4-2)13-14-12(15)19-9-11(16)17/h3-9H2,1-2H3,(H,16,17). The van der Waals surface area contributed by atoms with Gasteiger partial charge in [0.25, 0.3) is 0 Å². The number of thioether (sulfide) groups is 1. The van der Waals surface area contributed by atoms with E-state index in [2.05, 4.69) is 17.1 Å². The molecule has 0 atom stereocenters. The summed E-state index contributed by atoms with van der Waals surface area (Å²) in [4.78, 5) is 10.6. The van der Waals surface area contributed by atoms with Crippen molar-refractivity contribution in [3.8, 4) is 0 Å². The molecule has 0 spiro atoms. The molecule has 0 amide bonds. The predicted octanol–water partition coefficient (Wildman–Crippen LogP) is 1.83. The Morgan fingerprint density at radius 1 is 1.42 bits per heavy atom. The molecule has 1 aromatic heterocycles. The van der Waals surface area contributed by atoms with Gasteiger partial charge in [-0.25, -0.2) is 0 Å². The second-order valence-electron chi connectivity index (χ2n) is 4.03. The number of carboxylic acid groups (broad SMARTS) is 1. The summed E-state index contributed by atoms with van der Waals surface area (Å²) in [7, 11) is 0. The molecule has 6 nitrogen and oxygen atoms in total. The second kappa shape index (κ2) is 8.92. The molecule has 0 saturated heterocycles. The molecule has 0 fully saturated rings. The largest absolute Gasteiger partial charge is 0.481 e. The Morgan fingerprint density at radius 2 is 2.21 bits per heavy atom. The molecular formula is C12H21N3O3S. The highest BCUT2D eigenvalue weighted by atomic mass is 32.2. The van der Waals surface area contributed by atoms with E-state index in [1.165, 1.54) is 11.8 Å². The van der Waals surface area contributed by atoms with Gasteiger partial charge in [0, 0.05) is 26.2 Å². The zero-order chi connectivity index (χ0) is 14.1. The Kier molecular flexibility index (Phi) is 7.50. The normalized spacial score (nSPS) is 10.8. The van der Waals surface area contributed by atoms with Gasteiger partial charge in [-0.15, -0.1) is 10.2 Å². The first kappa shape index (κ1) is 16.0. The summed E-state index contributed by atoms with van der Waals surface area (Å²) in [5.74, 6) is 0.0873. The summed E-state index contributed by atoms with van der Waals surface area (Å²) in [5, 5.41) is 17.6. The molecule has 0 bridgehead atoms.